The van der Waals surface area contributed by atoms with Gasteiger partial charge in [0, 0.05) is 30.7 Å². The molecule has 0 radical (unpaired) electrons. The smallest absolute Gasteiger partial charge is 0.278 e. The average Bonchev–Trinajstić information content (AvgIpc) is 3.37. The van der Waals surface area contributed by atoms with E-state index >= 15 is 0 Å². The molecule has 1 saturated heterocycles. The fourth-order valence-corrected chi connectivity index (χ4v) is 3.94. The van der Waals surface area contributed by atoms with Gasteiger partial charge in [-0.15, -0.1) is 15.0 Å². The zero-order valence-electron chi connectivity index (χ0n) is 15.3. The lowest BCUT2D eigenvalue weighted by molar-refractivity contribution is 0.708. The molecule has 6 heteroatoms. The van der Waals surface area contributed by atoms with Crippen LogP contribution >= 0.6 is 0 Å². The van der Waals surface area contributed by atoms with E-state index in [0.29, 0.717) is 12.2 Å². The minimum atomic E-state index is -0.0659. The molecule has 27 heavy (non-hydrogen) atoms. The van der Waals surface area contributed by atoms with Crippen molar-refractivity contribution in [3.05, 3.63) is 58.9 Å². The van der Waals surface area contributed by atoms with Crippen molar-refractivity contribution >= 4 is 27.6 Å². The van der Waals surface area contributed by atoms with E-state index in [-0.39, 0.29) is 5.56 Å². The summed E-state index contributed by atoms with van der Waals surface area (Å²) in [6, 6.07) is 15.9. The molecule has 3 heterocycles. The number of aromatic nitrogens is 4. The Balaban J connectivity index is 1.71. The highest BCUT2D eigenvalue weighted by Gasteiger charge is 2.16. The molecule has 0 amide bonds. The lowest BCUT2D eigenvalue weighted by atomic mass is 10.1. The Morgan fingerprint density at radius 3 is 2.33 bits per heavy atom. The van der Waals surface area contributed by atoms with Crippen LogP contribution < -0.4 is 10.5 Å². The highest BCUT2D eigenvalue weighted by Crippen LogP contribution is 2.25. The third-order valence-electron chi connectivity index (χ3n) is 5.35. The molecule has 5 rings (SSSR count). The van der Waals surface area contributed by atoms with Crippen LogP contribution in [-0.4, -0.2) is 32.7 Å². The van der Waals surface area contributed by atoms with E-state index in [0.717, 1.165) is 35.0 Å². The van der Waals surface area contributed by atoms with Gasteiger partial charge in [-0.2, -0.15) is 0 Å². The summed E-state index contributed by atoms with van der Waals surface area (Å²) >= 11 is 0. The Kier molecular flexibility index (Phi) is 3.70. The minimum Gasteiger partial charge on any atom is -0.371 e. The maximum Gasteiger partial charge on any atom is 0.278 e. The average molecular weight is 359 g/mol. The summed E-state index contributed by atoms with van der Waals surface area (Å²) < 4.78 is 1.82. The molecule has 0 N–H and O–H groups in total. The van der Waals surface area contributed by atoms with E-state index in [1.807, 2.05) is 41.8 Å². The van der Waals surface area contributed by atoms with Crippen LogP contribution in [0.4, 0.5) is 5.69 Å². The molecule has 1 aliphatic heterocycles. The summed E-state index contributed by atoms with van der Waals surface area (Å²) in [7, 11) is 0. The van der Waals surface area contributed by atoms with Crippen molar-refractivity contribution in [3.63, 3.8) is 0 Å². The number of pyridine rings is 1. The minimum absolute atomic E-state index is 0.0659. The van der Waals surface area contributed by atoms with Crippen LogP contribution in [-0.2, 0) is 6.54 Å². The zero-order chi connectivity index (χ0) is 18.4. The fourth-order valence-electron chi connectivity index (χ4n) is 3.94. The van der Waals surface area contributed by atoms with Gasteiger partial charge in [-0.25, -0.2) is 0 Å². The third kappa shape index (κ3) is 2.60. The number of fused-ring (bicyclic) bond motifs is 2. The summed E-state index contributed by atoms with van der Waals surface area (Å²) in [4.78, 5) is 17.0. The number of nitrogens with zero attached hydrogens (tertiary/aromatic N) is 5. The van der Waals surface area contributed by atoms with E-state index in [9.17, 15) is 4.79 Å². The molecule has 4 aromatic rings. The van der Waals surface area contributed by atoms with E-state index in [4.69, 9.17) is 0 Å². The molecule has 0 aliphatic carbocycles. The molecule has 136 valence electrons. The van der Waals surface area contributed by atoms with Crippen molar-refractivity contribution < 1.29 is 0 Å². The third-order valence-corrected chi connectivity index (χ3v) is 5.35. The van der Waals surface area contributed by atoms with Gasteiger partial charge in [-0.05, 0) is 50.1 Å². The summed E-state index contributed by atoms with van der Waals surface area (Å²) in [6.07, 6.45) is 2.46. The van der Waals surface area contributed by atoms with Crippen LogP contribution in [0.2, 0.25) is 0 Å². The van der Waals surface area contributed by atoms with Crippen LogP contribution in [0.15, 0.2) is 53.3 Å². The van der Waals surface area contributed by atoms with Gasteiger partial charge in [-0.1, -0.05) is 18.2 Å². The Morgan fingerprint density at radius 2 is 1.67 bits per heavy atom. The van der Waals surface area contributed by atoms with Crippen molar-refractivity contribution in [2.45, 2.75) is 26.3 Å². The van der Waals surface area contributed by atoms with Crippen LogP contribution in [0.25, 0.3) is 27.6 Å². The zero-order valence-corrected chi connectivity index (χ0v) is 15.3. The molecule has 1 fully saturated rings. The number of rotatable bonds is 3. The van der Waals surface area contributed by atoms with Crippen LogP contribution in [0, 0.1) is 0 Å². The molecule has 6 nitrogen and oxygen atoms in total. The van der Waals surface area contributed by atoms with Crippen molar-refractivity contribution in [2.75, 3.05) is 18.0 Å². The normalized spacial score (nSPS) is 14.5. The van der Waals surface area contributed by atoms with Gasteiger partial charge >= 0.3 is 0 Å². The van der Waals surface area contributed by atoms with E-state index in [1.54, 1.807) is 0 Å². The predicted molar refractivity (Wildman–Crippen MR) is 108 cm³/mol. The van der Waals surface area contributed by atoms with Gasteiger partial charge < -0.3 is 9.47 Å². The SMILES string of the molecule is CCn1c(=O)c(-n2nc3ccccc3n2)cc2ccc(N3CCCC3)cc21. The number of anilines is 1. The molecule has 2 aromatic heterocycles. The Morgan fingerprint density at radius 1 is 0.963 bits per heavy atom. The van der Waals surface area contributed by atoms with Gasteiger partial charge in [0.05, 0.1) is 5.52 Å². The molecule has 0 saturated carbocycles. The number of aryl methyl sites for hydroxylation is 1. The molecule has 0 unspecified atom stereocenters. The quantitative estimate of drug-likeness (QED) is 0.563. The maximum absolute atomic E-state index is 13.2. The first kappa shape index (κ1) is 16.1. The lowest BCUT2D eigenvalue weighted by Gasteiger charge is -2.19. The Bertz CT molecular complexity index is 1170. The second-order valence-electron chi connectivity index (χ2n) is 6.99. The first-order chi connectivity index (χ1) is 13.2. The van der Waals surface area contributed by atoms with Gasteiger partial charge in [-0.3, -0.25) is 4.79 Å². The monoisotopic (exact) mass is 359 g/mol. The first-order valence-corrected chi connectivity index (χ1v) is 9.49. The Hall–Kier alpha value is -3.15. The Labute approximate surface area is 156 Å². The first-order valence-electron chi connectivity index (χ1n) is 9.49. The molecular formula is C21H21N5O. The topological polar surface area (TPSA) is 56.0 Å². The highest BCUT2D eigenvalue weighted by molar-refractivity contribution is 5.84. The van der Waals surface area contributed by atoms with E-state index in [2.05, 4.69) is 33.3 Å². The van der Waals surface area contributed by atoms with Crippen LogP contribution in [0.5, 0.6) is 0 Å². The standard InChI is InChI=1S/C21H21N5O/c1-2-25-19-14-16(24-11-5-6-12-24)10-9-15(19)13-20(21(25)27)26-22-17-7-3-4-8-18(17)23-26/h3-4,7-10,13-14H,2,5-6,11-12H2,1H3. The van der Waals surface area contributed by atoms with Crippen molar-refractivity contribution in [2.24, 2.45) is 0 Å². The number of hydrogen-bond acceptors (Lipinski definition) is 4. The van der Waals surface area contributed by atoms with Crippen molar-refractivity contribution in [1.29, 1.82) is 0 Å². The summed E-state index contributed by atoms with van der Waals surface area (Å²) in [6.45, 7) is 4.78. The van der Waals surface area contributed by atoms with Crippen LogP contribution in [0.1, 0.15) is 19.8 Å². The second-order valence-corrected chi connectivity index (χ2v) is 6.99. The van der Waals surface area contributed by atoms with E-state index < -0.39 is 0 Å². The fraction of sp³-hybridized carbons (Fsp3) is 0.286. The highest BCUT2D eigenvalue weighted by atomic mass is 16.1. The molecular weight excluding hydrogens is 338 g/mol. The van der Waals surface area contributed by atoms with Gasteiger partial charge in [0.15, 0.2) is 5.69 Å². The molecule has 0 atom stereocenters. The van der Waals surface area contributed by atoms with E-state index in [1.165, 1.54) is 23.3 Å². The number of benzene rings is 2. The van der Waals surface area contributed by atoms with Crippen LogP contribution in [0.3, 0.4) is 0 Å². The van der Waals surface area contributed by atoms with Gasteiger partial charge in [0.2, 0.25) is 0 Å². The van der Waals surface area contributed by atoms with Crippen molar-refractivity contribution in [3.8, 4) is 5.69 Å². The second kappa shape index (κ2) is 6.23. The predicted octanol–water partition coefficient (Wildman–Crippen LogP) is 3.36. The summed E-state index contributed by atoms with van der Waals surface area (Å²) in [5.41, 5.74) is 4.14. The molecule has 0 bridgehead atoms. The molecule has 2 aromatic carbocycles. The number of hydrogen-bond donors (Lipinski definition) is 0. The molecule has 1 aliphatic rings. The maximum atomic E-state index is 13.2. The van der Waals surface area contributed by atoms with Crippen molar-refractivity contribution in [1.82, 2.24) is 19.6 Å². The molecule has 0 spiro atoms. The lowest BCUT2D eigenvalue weighted by Crippen LogP contribution is -2.25. The summed E-state index contributed by atoms with van der Waals surface area (Å²) in [5, 5.41) is 10.0. The largest absolute Gasteiger partial charge is 0.371 e. The summed E-state index contributed by atoms with van der Waals surface area (Å²) in [5.74, 6) is 0. The van der Waals surface area contributed by atoms with Gasteiger partial charge in [0.25, 0.3) is 5.56 Å². The van der Waals surface area contributed by atoms with Gasteiger partial charge in [0.1, 0.15) is 11.0 Å².